The van der Waals surface area contributed by atoms with Crippen LogP contribution < -0.4 is 4.74 Å². The van der Waals surface area contributed by atoms with Crippen molar-refractivity contribution in [2.24, 2.45) is 0 Å². The Morgan fingerprint density at radius 1 is 0.800 bits per heavy atom. The van der Waals surface area contributed by atoms with Crippen LogP contribution in [0.15, 0.2) is 58.9 Å². The zero-order chi connectivity index (χ0) is 33.9. The summed E-state index contributed by atoms with van der Waals surface area (Å²) in [7, 11) is -1.89. The minimum absolute atomic E-state index is 0.00882. The van der Waals surface area contributed by atoms with E-state index in [-0.39, 0.29) is 65.5 Å². The molecular formula is C27H18Br8O9S. The van der Waals surface area contributed by atoms with Gasteiger partial charge in [-0.1, -0.05) is 0 Å². The average Bonchev–Trinajstić information content (AvgIpc) is 3.25. The number of ketones is 1. The van der Waals surface area contributed by atoms with E-state index in [1.165, 1.54) is 46.3 Å². The zero-order valence-corrected chi connectivity index (χ0v) is 36.5. The fourth-order valence-electron chi connectivity index (χ4n) is 4.51. The summed E-state index contributed by atoms with van der Waals surface area (Å²) < 4.78 is 52.2. The Morgan fingerprint density at radius 3 is 1.87 bits per heavy atom. The SMILES string of the molecule is COC(C)C(=O)Oc1c(Br)cc(C2(c3cc(Br)c(O)c(Br)c3)OS(=O)(=O)c3c(Br)c(Br)c(Br)c(Br)c32)c(C(=O)C(C)OC)c1Br. The van der Waals surface area contributed by atoms with Crippen LogP contribution in [0.5, 0.6) is 11.5 Å². The van der Waals surface area contributed by atoms with E-state index in [1.54, 1.807) is 0 Å². The number of halogens is 8. The summed E-state index contributed by atoms with van der Waals surface area (Å²) >= 11 is 27.5. The minimum Gasteiger partial charge on any atom is -0.506 e. The van der Waals surface area contributed by atoms with Crippen LogP contribution in [-0.2, 0) is 34.2 Å². The molecule has 45 heavy (non-hydrogen) atoms. The highest BCUT2D eigenvalue weighted by Crippen LogP contribution is 2.60. The van der Waals surface area contributed by atoms with Gasteiger partial charge in [-0.2, -0.15) is 8.42 Å². The minimum atomic E-state index is -4.57. The van der Waals surface area contributed by atoms with Gasteiger partial charge in [-0.05, 0) is 165 Å². The number of hydrogen-bond donors (Lipinski definition) is 1. The van der Waals surface area contributed by atoms with Crippen molar-refractivity contribution in [3.8, 4) is 11.5 Å². The van der Waals surface area contributed by atoms with Crippen molar-refractivity contribution < 1.29 is 41.5 Å². The molecule has 3 aromatic carbocycles. The molecule has 3 aromatic rings. The first-order valence-electron chi connectivity index (χ1n) is 12.2. The number of phenolic OH excluding ortho intramolecular Hbond substituents is 1. The lowest BCUT2D eigenvalue weighted by Gasteiger charge is -2.34. The molecule has 0 amide bonds. The number of carbonyl (C=O) groups excluding carboxylic acids is 2. The number of ether oxygens (including phenoxy) is 3. The molecule has 3 unspecified atom stereocenters. The van der Waals surface area contributed by atoms with Gasteiger partial charge in [-0.25, -0.2) is 8.98 Å². The van der Waals surface area contributed by atoms with E-state index < -0.39 is 39.7 Å². The maximum atomic E-state index is 14.2. The van der Waals surface area contributed by atoms with Crippen LogP contribution in [0.25, 0.3) is 0 Å². The fraction of sp³-hybridized carbons (Fsp3) is 0.259. The Kier molecular flexibility index (Phi) is 12.1. The van der Waals surface area contributed by atoms with Gasteiger partial charge in [0.1, 0.15) is 16.7 Å². The van der Waals surface area contributed by atoms with Crippen LogP contribution >= 0.6 is 127 Å². The number of aromatic hydroxyl groups is 1. The van der Waals surface area contributed by atoms with Gasteiger partial charge >= 0.3 is 5.97 Å². The van der Waals surface area contributed by atoms with Crippen molar-refractivity contribution in [1.29, 1.82) is 0 Å². The quantitative estimate of drug-likeness (QED) is 0.0587. The lowest BCUT2D eigenvalue weighted by molar-refractivity contribution is -0.144. The number of hydrogen-bond acceptors (Lipinski definition) is 9. The van der Waals surface area contributed by atoms with Gasteiger partial charge in [0.15, 0.2) is 23.2 Å². The second-order valence-electron chi connectivity index (χ2n) is 9.43. The fourth-order valence-corrected chi connectivity index (χ4v) is 11.9. The van der Waals surface area contributed by atoms with Gasteiger partial charge in [0.25, 0.3) is 10.1 Å². The van der Waals surface area contributed by atoms with Crippen LogP contribution in [0.2, 0.25) is 0 Å². The van der Waals surface area contributed by atoms with Crippen LogP contribution in [0.3, 0.4) is 0 Å². The smallest absolute Gasteiger partial charge is 0.340 e. The summed E-state index contributed by atoms with van der Waals surface area (Å²) in [5, 5.41) is 10.6. The second-order valence-corrected chi connectivity index (χ2v) is 17.4. The molecule has 1 aliphatic heterocycles. The number of fused-ring (bicyclic) bond motifs is 1. The molecule has 1 aliphatic rings. The summed E-state index contributed by atoms with van der Waals surface area (Å²) in [6, 6.07) is 4.39. The number of phenols is 1. The number of rotatable bonds is 8. The first-order chi connectivity index (χ1) is 20.9. The van der Waals surface area contributed by atoms with Crippen molar-refractivity contribution in [2.45, 2.75) is 36.6 Å². The molecule has 0 aromatic heterocycles. The highest BCUT2D eigenvalue weighted by atomic mass is 79.9. The first-order valence-corrected chi connectivity index (χ1v) is 20.0. The highest BCUT2D eigenvalue weighted by Gasteiger charge is 2.57. The molecule has 3 atom stereocenters. The Balaban J connectivity index is 2.30. The topological polar surface area (TPSA) is 125 Å². The Labute approximate surface area is 325 Å². The molecule has 0 spiro atoms. The predicted molar refractivity (Wildman–Crippen MR) is 194 cm³/mol. The van der Waals surface area contributed by atoms with Crippen molar-refractivity contribution in [3.63, 3.8) is 0 Å². The molecule has 9 nitrogen and oxygen atoms in total. The summed E-state index contributed by atoms with van der Waals surface area (Å²) in [6.07, 6.45) is -1.99. The van der Waals surface area contributed by atoms with Gasteiger partial charge < -0.3 is 19.3 Å². The molecule has 0 bridgehead atoms. The molecule has 0 saturated carbocycles. The monoisotopic (exact) mass is 1150 g/mol. The lowest BCUT2D eigenvalue weighted by Crippen LogP contribution is -2.34. The summed E-state index contributed by atoms with van der Waals surface area (Å²) in [5.41, 5.74) is -1.87. The zero-order valence-electron chi connectivity index (χ0n) is 23.0. The third-order valence-corrected chi connectivity index (χ3v) is 15.9. The maximum Gasteiger partial charge on any atom is 0.340 e. The Morgan fingerprint density at radius 2 is 1.33 bits per heavy atom. The molecule has 18 heteroatoms. The van der Waals surface area contributed by atoms with Gasteiger partial charge in [-0.3, -0.25) is 4.79 Å². The van der Waals surface area contributed by atoms with Crippen LogP contribution in [0, 0.1) is 0 Å². The van der Waals surface area contributed by atoms with E-state index >= 15 is 0 Å². The Bertz CT molecular complexity index is 1860. The summed E-state index contributed by atoms with van der Waals surface area (Å²) in [5.74, 6) is -1.58. The summed E-state index contributed by atoms with van der Waals surface area (Å²) in [4.78, 5) is 26.8. The van der Waals surface area contributed by atoms with Gasteiger partial charge in [0.2, 0.25) is 0 Å². The van der Waals surface area contributed by atoms with Crippen molar-refractivity contribution >= 4 is 149 Å². The third kappa shape index (κ3) is 6.51. The third-order valence-electron chi connectivity index (χ3n) is 6.90. The summed E-state index contributed by atoms with van der Waals surface area (Å²) in [6.45, 7) is 3.01. The van der Waals surface area contributed by atoms with Gasteiger partial charge in [0, 0.05) is 44.3 Å². The molecule has 0 radical (unpaired) electrons. The molecule has 1 N–H and O–H groups in total. The standard InChI is InChI=1S/C27H18Br8O9S/c1-8(41-3)22(36)15-11(7-14(30)24(17(15)31)43-26(38)9(2)42-4)27(10-5-12(28)23(37)13(29)6-10)16-18(32)19(33)20(34)21(35)25(16)45(39,40)44-27/h5-9,37H,1-4H3. The molecular weight excluding hydrogens is 1140 g/mol. The number of methoxy groups -OCH3 is 2. The maximum absolute atomic E-state index is 14.2. The largest absolute Gasteiger partial charge is 0.506 e. The van der Waals surface area contributed by atoms with E-state index in [0.29, 0.717) is 8.95 Å². The predicted octanol–water partition coefficient (Wildman–Crippen LogP) is 9.66. The molecule has 0 fully saturated rings. The van der Waals surface area contributed by atoms with E-state index in [1.807, 2.05) is 0 Å². The first kappa shape index (κ1) is 38.1. The van der Waals surface area contributed by atoms with Crippen molar-refractivity contribution in [2.75, 3.05) is 14.2 Å². The van der Waals surface area contributed by atoms with Gasteiger partial charge in [-0.15, -0.1) is 0 Å². The van der Waals surface area contributed by atoms with E-state index in [0.717, 1.165) is 0 Å². The van der Waals surface area contributed by atoms with Gasteiger partial charge in [0.05, 0.1) is 22.4 Å². The normalized spacial score (nSPS) is 18.4. The molecule has 242 valence electrons. The van der Waals surface area contributed by atoms with E-state index in [2.05, 4.69) is 127 Å². The van der Waals surface area contributed by atoms with Crippen LogP contribution in [0.4, 0.5) is 0 Å². The highest BCUT2D eigenvalue weighted by molar-refractivity contribution is 9.15. The molecule has 0 saturated heterocycles. The van der Waals surface area contributed by atoms with E-state index in [9.17, 15) is 23.1 Å². The Hall–Kier alpha value is 0.270. The van der Waals surface area contributed by atoms with Crippen LogP contribution in [-0.4, -0.2) is 51.7 Å². The van der Waals surface area contributed by atoms with Crippen molar-refractivity contribution in [3.05, 3.63) is 76.2 Å². The lowest BCUT2D eigenvalue weighted by atomic mass is 9.77. The van der Waals surface area contributed by atoms with Crippen molar-refractivity contribution in [1.82, 2.24) is 0 Å². The van der Waals surface area contributed by atoms with Crippen LogP contribution in [0.1, 0.15) is 40.9 Å². The number of Topliss-reactive ketones (excluding diaryl/α,β-unsaturated/α-hetero) is 1. The molecule has 0 aliphatic carbocycles. The molecule has 1 heterocycles. The molecule has 4 rings (SSSR count). The number of esters is 1. The number of benzene rings is 3. The second kappa shape index (κ2) is 14.2. The average molecular weight is 1160 g/mol. The van der Waals surface area contributed by atoms with E-state index in [4.69, 9.17) is 18.4 Å². The number of carbonyl (C=O) groups is 2.